The fourth-order valence-electron chi connectivity index (χ4n) is 1.22. The van der Waals surface area contributed by atoms with E-state index in [1.165, 1.54) is 6.92 Å². The molecular formula is C8H7BrF2N2O2. The second-order valence-corrected chi connectivity index (χ2v) is 3.41. The first-order valence-corrected chi connectivity index (χ1v) is 5.08. The van der Waals surface area contributed by atoms with Crippen LogP contribution in [-0.2, 0) is 5.33 Å². The number of hydrogen-bond acceptors (Lipinski definition) is 3. The van der Waals surface area contributed by atoms with Crippen LogP contribution in [0.2, 0.25) is 0 Å². The number of nitro groups is 1. The van der Waals surface area contributed by atoms with Crippen molar-refractivity contribution in [1.29, 1.82) is 0 Å². The lowest BCUT2D eigenvalue weighted by molar-refractivity contribution is -0.389. The summed E-state index contributed by atoms with van der Waals surface area (Å²) in [5.74, 6) is -0.411. The highest BCUT2D eigenvalue weighted by atomic mass is 79.9. The number of aryl methyl sites for hydroxylation is 1. The molecule has 0 radical (unpaired) electrons. The summed E-state index contributed by atoms with van der Waals surface area (Å²) in [6, 6.07) is 1.05. The van der Waals surface area contributed by atoms with Crippen LogP contribution in [0.4, 0.5) is 14.6 Å². The fraction of sp³-hybridized carbons (Fsp3) is 0.375. The zero-order valence-electron chi connectivity index (χ0n) is 7.71. The second kappa shape index (κ2) is 4.61. The first-order chi connectivity index (χ1) is 6.97. The van der Waals surface area contributed by atoms with Gasteiger partial charge < -0.3 is 10.1 Å². The fourth-order valence-corrected chi connectivity index (χ4v) is 1.65. The molecule has 0 aliphatic rings. The Balaban J connectivity index is 3.37. The van der Waals surface area contributed by atoms with Crippen LogP contribution in [-0.4, -0.2) is 9.91 Å². The van der Waals surface area contributed by atoms with Crippen molar-refractivity contribution >= 4 is 21.7 Å². The Labute approximate surface area is 92.6 Å². The lowest BCUT2D eigenvalue weighted by Crippen LogP contribution is -2.03. The summed E-state index contributed by atoms with van der Waals surface area (Å²) >= 11 is 2.98. The number of rotatable bonds is 3. The molecule has 1 heterocycles. The third-order valence-corrected chi connectivity index (χ3v) is 2.39. The normalized spacial score (nSPS) is 10.7. The van der Waals surface area contributed by atoms with Gasteiger partial charge in [0.25, 0.3) is 6.43 Å². The molecule has 4 nitrogen and oxygen atoms in total. The highest BCUT2D eigenvalue weighted by Gasteiger charge is 2.23. The van der Waals surface area contributed by atoms with E-state index in [1.807, 2.05) is 0 Å². The number of aromatic nitrogens is 1. The van der Waals surface area contributed by atoms with Gasteiger partial charge >= 0.3 is 5.82 Å². The molecular weight excluding hydrogens is 274 g/mol. The Morgan fingerprint density at radius 3 is 2.67 bits per heavy atom. The van der Waals surface area contributed by atoms with Gasteiger partial charge in [-0.2, -0.15) is 0 Å². The molecule has 0 unspecified atom stereocenters. The first-order valence-electron chi connectivity index (χ1n) is 3.96. The van der Waals surface area contributed by atoms with Gasteiger partial charge in [0.2, 0.25) is 0 Å². The van der Waals surface area contributed by atoms with E-state index in [-0.39, 0.29) is 22.2 Å². The Bertz CT molecular complexity index is 398. The van der Waals surface area contributed by atoms with E-state index in [9.17, 15) is 18.9 Å². The zero-order chi connectivity index (χ0) is 11.6. The Kier molecular flexibility index (Phi) is 3.67. The molecule has 1 aromatic heterocycles. The summed E-state index contributed by atoms with van der Waals surface area (Å²) in [4.78, 5) is 13.3. The SMILES string of the molecule is Cc1cc([N+](=O)[O-])nc(CBr)c1C(F)F. The highest BCUT2D eigenvalue weighted by Crippen LogP contribution is 2.29. The zero-order valence-corrected chi connectivity index (χ0v) is 9.29. The Morgan fingerprint density at radius 2 is 2.27 bits per heavy atom. The topological polar surface area (TPSA) is 56.0 Å². The predicted molar refractivity (Wildman–Crippen MR) is 53.2 cm³/mol. The van der Waals surface area contributed by atoms with E-state index in [4.69, 9.17) is 0 Å². The van der Waals surface area contributed by atoms with Crippen molar-refractivity contribution < 1.29 is 13.7 Å². The molecule has 0 aliphatic carbocycles. The summed E-state index contributed by atoms with van der Waals surface area (Å²) in [5.41, 5.74) is -0.0460. The molecule has 0 aliphatic heterocycles. The van der Waals surface area contributed by atoms with E-state index in [0.29, 0.717) is 0 Å². The van der Waals surface area contributed by atoms with Crippen LogP contribution in [0, 0.1) is 17.0 Å². The molecule has 0 spiro atoms. The lowest BCUT2D eigenvalue weighted by Gasteiger charge is -2.05. The molecule has 0 saturated carbocycles. The number of pyridine rings is 1. The molecule has 15 heavy (non-hydrogen) atoms. The standard InChI is InChI=1S/C8H7BrF2N2O2/c1-4-2-6(13(14)15)12-5(3-9)7(4)8(10)11/h2,8H,3H2,1H3. The third kappa shape index (κ3) is 2.47. The van der Waals surface area contributed by atoms with Gasteiger partial charge in [-0.05, 0) is 22.4 Å². The summed E-state index contributed by atoms with van der Waals surface area (Å²) in [6.07, 6.45) is -2.68. The van der Waals surface area contributed by atoms with Gasteiger partial charge in [0.1, 0.15) is 0 Å². The number of halogens is 3. The summed E-state index contributed by atoms with van der Waals surface area (Å²) in [6.45, 7) is 1.41. The first kappa shape index (κ1) is 12.0. The van der Waals surface area contributed by atoms with E-state index in [0.717, 1.165) is 6.07 Å². The van der Waals surface area contributed by atoms with Crippen molar-refractivity contribution in [2.24, 2.45) is 0 Å². The van der Waals surface area contributed by atoms with Crippen molar-refractivity contribution in [2.45, 2.75) is 18.7 Å². The maximum absolute atomic E-state index is 12.6. The molecule has 0 N–H and O–H groups in total. The molecule has 82 valence electrons. The van der Waals surface area contributed by atoms with Crippen LogP contribution in [0.25, 0.3) is 0 Å². The van der Waals surface area contributed by atoms with Gasteiger partial charge in [-0.1, -0.05) is 15.9 Å². The minimum Gasteiger partial charge on any atom is -0.358 e. The Hall–Kier alpha value is -1.11. The molecule has 0 fully saturated rings. The van der Waals surface area contributed by atoms with Crippen molar-refractivity contribution in [3.8, 4) is 0 Å². The van der Waals surface area contributed by atoms with E-state index < -0.39 is 17.2 Å². The minimum absolute atomic E-state index is 0.0108. The van der Waals surface area contributed by atoms with Crippen LogP contribution in [0.15, 0.2) is 6.07 Å². The number of hydrogen-bond donors (Lipinski definition) is 0. The van der Waals surface area contributed by atoms with Crippen LogP contribution in [0.5, 0.6) is 0 Å². The van der Waals surface area contributed by atoms with Gasteiger partial charge in [0.15, 0.2) is 5.69 Å². The van der Waals surface area contributed by atoms with Gasteiger partial charge in [-0.25, -0.2) is 8.78 Å². The van der Waals surface area contributed by atoms with E-state index in [2.05, 4.69) is 20.9 Å². The second-order valence-electron chi connectivity index (χ2n) is 2.85. The Morgan fingerprint density at radius 1 is 1.67 bits per heavy atom. The maximum Gasteiger partial charge on any atom is 0.363 e. The molecule has 0 saturated heterocycles. The largest absolute Gasteiger partial charge is 0.363 e. The van der Waals surface area contributed by atoms with Gasteiger partial charge in [-0.15, -0.1) is 0 Å². The molecule has 0 amide bonds. The molecule has 1 aromatic rings. The van der Waals surface area contributed by atoms with Crippen LogP contribution >= 0.6 is 15.9 Å². The summed E-state index contributed by atoms with van der Waals surface area (Å²) in [5, 5.41) is 10.5. The van der Waals surface area contributed by atoms with Crippen LogP contribution < -0.4 is 0 Å². The number of alkyl halides is 3. The molecule has 0 bridgehead atoms. The smallest absolute Gasteiger partial charge is 0.358 e. The van der Waals surface area contributed by atoms with Crippen molar-refractivity contribution in [1.82, 2.24) is 4.98 Å². The quantitative estimate of drug-likeness (QED) is 0.486. The summed E-state index contributed by atoms with van der Waals surface area (Å²) in [7, 11) is 0. The summed E-state index contributed by atoms with van der Waals surface area (Å²) < 4.78 is 25.2. The average Bonchev–Trinajstić information content (AvgIpc) is 2.15. The molecule has 1 rings (SSSR count). The van der Waals surface area contributed by atoms with E-state index in [1.54, 1.807) is 0 Å². The van der Waals surface area contributed by atoms with Crippen LogP contribution in [0.3, 0.4) is 0 Å². The molecule has 7 heteroatoms. The maximum atomic E-state index is 12.6. The van der Waals surface area contributed by atoms with E-state index >= 15 is 0 Å². The average molecular weight is 281 g/mol. The van der Waals surface area contributed by atoms with Gasteiger partial charge in [0.05, 0.1) is 10.9 Å². The van der Waals surface area contributed by atoms with Gasteiger partial charge in [-0.3, -0.25) is 0 Å². The highest BCUT2D eigenvalue weighted by molar-refractivity contribution is 9.08. The monoisotopic (exact) mass is 280 g/mol. The molecule has 0 aromatic carbocycles. The molecule has 0 atom stereocenters. The predicted octanol–water partition coefficient (Wildman–Crippen LogP) is 3.13. The van der Waals surface area contributed by atoms with Crippen LogP contribution in [0.1, 0.15) is 23.2 Å². The number of nitrogens with zero attached hydrogens (tertiary/aromatic N) is 2. The lowest BCUT2D eigenvalue weighted by atomic mass is 10.1. The van der Waals surface area contributed by atoms with Crippen molar-refractivity contribution in [2.75, 3.05) is 0 Å². The minimum atomic E-state index is -2.68. The van der Waals surface area contributed by atoms with Gasteiger partial charge in [0, 0.05) is 6.07 Å². The third-order valence-electron chi connectivity index (χ3n) is 1.86. The van der Waals surface area contributed by atoms with Crippen molar-refractivity contribution in [3.63, 3.8) is 0 Å². The van der Waals surface area contributed by atoms with Crippen molar-refractivity contribution in [3.05, 3.63) is 33.0 Å².